The van der Waals surface area contributed by atoms with Crippen molar-refractivity contribution in [2.45, 2.75) is 26.3 Å². The molecule has 0 aliphatic heterocycles. The van der Waals surface area contributed by atoms with Crippen LogP contribution < -0.4 is 5.32 Å². The van der Waals surface area contributed by atoms with E-state index in [0.29, 0.717) is 28.8 Å². The summed E-state index contributed by atoms with van der Waals surface area (Å²) >= 11 is 12.7. The van der Waals surface area contributed by atoms with Crippen LogP contribution in [0.25, 0.3) is 10.9 Å². The van der Waals surface area contributed by atoms with E-state index in [0.717, 1.165) is 22.2 Å². The fourth-order valence-electron chi connectivity index (χ4n) is 3.51. The second kappa shape index (κ2) is 10.1. The van der Waals surface area contributed by atoms with E-state index in [1.54, 1.807) is 0 Å². The van der Waals surface area contributed by atoms with Crippen molar-refractivity contribution in [3.05, 3.63) is 94.4 Å². The molecule has 0 fully saturated rings. The van der Waals surface area contributed by atoms with Gasteiger partial charge in [-0.1, -0.05) is 73.1 Å². The van der Waals surface area contributed by atoms with Crippen molar-refractivity contribution >= 4 is 40.0 Å². The predicted molar refractivity (Wildman–Crippen MR) is 131 cm³/mol. The lowest BCUT2D eigenvalue weighted by Crippen LogP contribution is -2.30. The highest BCUT2D eigenvalue weighted by Gasteiger charge is 2.22. The molecule has 1 atom stereocenters. The maximum Gasteiger partial charge on any atom is 0.269 e. The highest BCUT2D eigenvalue weighted by Crippen LogP contribution is 2.31. The van der Waals surface area contributed by atoms with E-state index >= 15 is 0 Å². The van der Waals surface area contributed by atoms with Crippen LogP contribution in [0.2, 0.25) is 10.0 Å². The first kappa shape index (κ1) is 23.0. The zero-order chi connectivity index (χ0) is 22.5. The Bertz CT molecular complexity index is 1120. The number of carbonyl (C=O) groups is 1. The molecular weight excluding hydrogens is 429 g/mol. The lowest BCUT2D eigenvalue weighted by Gasteiger charge is -2.20. The van der Waals surface area contributed by atoms with Gasteiger partial charge in [-0.3, -0.25) is 4.79 Å². The Labute approximate surface area is 193 Å². The molecule has 0 bridgehead atoms. The molecule has 162 valence electrons. The van der Waals surface area contributed by atoms with Gasteiger partial charge in [0.15, 0.2) is 0 Å². The van der Waals surface area contributed by atoms with Gasteiger partial charge in [-0.25, -0.2) is 0 Å². The molecule has 0 radical (unpaired) electrons. The van der Waals surface area contributed by atoms with Crippen molar-refractivity contribution in [1.29, 1.82) is 0 Å². The molecule has 0 aliphatic rings. The van der Waals surface area contributed by atoms with Gasteiger partial charge in [0.25, 0.3) is 5.91 Å². The lowest BCUT2D eigenvalue weighted by molar-refractivity contribution is 0.0943. The minimum absolute atomic E-state index is 0.133. The first-order valence-corrected chi connectivity index (χ1v) is 10.9. The number of hydrogen-bond donors (Lipinski definition) is 1. The van der Waals surface area contributed by atoms with Crippen LogP contribution >= 0.6 is 23.2 Å². The third kappa shape index (κ3) is 5.15. The van der Waals surface area contributed by atoms with Crippen molar-refractivity contribution in [1.82, 2.24) is 14.8 Å². The van der Waals surface area contributed by atoms with Gasteiger partial charge in [0.2, 0.25) is 0 Å². The van der Waals surface area contributed by atoms with Gasteiger partial charge in [0.1, 0.15) is 5.69 Å². The molecule has 0 saturated heterocycles. The number of rotatable bonds is 8. The molecule has 3 aromatic rings. The quantitative estimate of drug-likeness (QED) is 0.422. The van der Waals surface area contributed by atoms with Gasteiger partial charge in [0, 0.05) is 29.7 Å². The summed E-state index contributed by atoms with van der Waals surface area (Å²) in [6, 6.07) is 15.4. The van der Waals surface area contributed by atoms with E-state index in [4.69, 9.17) is 23.2 Å². The Morgan fingerprint density at radius 1 is 1.19 bits per heavy atom. The molecule has 0 spiro atoms. The summed E-state index contributed by atoms with van der Waals surface area (Å²) in [6.07, 6.45) is 3.88. The van der Waals surface area contributed by atoms with Crippen LogP contribution in [0.4, 0.5) is 0 Å². The molecule has 2 aromatic carbocycles. The molecule has 4 nitrogen and oxygen atoms in total. The van der Waals surface area contributed by atoms with Crippen LogP contribution in [0, 0.1) is 0 Å². The number of allylic oxidation sites excluding steroid dienone is 2. The third-order valence-corrected chi connectivity index (χ3v) is 5.98. The van der Waals surface area contributed by atoms with Crippen LogP contribution in [0.3, 0.4) is 0 Å². The molecule has 1 amide bonds. The average Bonchev–Trinajstić information content (AvgIpc) is 3.04. The fraction of sp³-hybridized carbons (Fsp3) is 0.240. The highest BCUT2D eigenvalue weighted by atomic mass is 35.5. The summed E-state index contributed by atoms with van der Waals surface area (Å²) in [6.45, 7) is 9.12. The molecule has 0 aliphatic carbocycles. The summed E-state index contributed by atoms with van der Waals surface area (Å²) in [5.41, 5.74) is 3.30. The summed E-state index contributed by atoms with van der Waals surface area (Å²) in [5.74, 6) is -0.0721. The van der Waals surface area contributed by atoms with E-state index < -0.39 is 0 Å². The van der Waals surface area contributed by atoms with Crippen LogP contribution in [0.5, 0.6) is 0 Å². The molecule has 3 rings (SSSR count). The first-order valence-electron chi connectivity index (χ1n) is 10.2. The maximum absolute atomic E-state index is 13.2. The van der Waals surface area contributed by atoms with Crippen LogP contribution in [-0.2, 0) is 6.54 Å². The monoisotopic (exact) mass is 455 g/mol. The zero-order valence-corrected chi connectivity index (χ0v) is 19.5. The third-order valence-electron chi connectivity index (χ3n) is 5.34. The number of likely N-dealkylation sites (N-methyl/N-ethyl adjacent to an activating group) is 1. The van der Waals surface area contributed by atoms with Crippen molar-refractivity contribution in [2.24, 2.45) is 0 Å². The van der Waals surface area contributed by atoms with E-state index in [1.165, 1.54) is 0 Å². The van der Waals surface area contributed by atoms with E-state index in [9.17, 15) is 4.79 Å². The lowest BCUT2D eigenvalue weighted by atomic mass is 10.0. The fourth-order valence-corrected chi connectivity index (χ4v) is 3.98. The van der Waals surface area contributed by atoms with Gasteiger partial charge in [-0.05, 0) is 42.8 Å². The molecule has 1 N–H and O–H groups in total. The molecule has 1 unspecified atom stereocenters. The maximum atomic E-state index is 13.2. The number of fused-ring (bicyclic) bond motifs is 1. The number of para-hydroxylation sites is 1. The number of nitrogens with one attached hydrogen (secondary N) is 1. The van der Waals surface area contributed by atoms with Crippen molar-refractivity contribution < 1.29 is 4.79 Å². The number of halogens is 2. The Balaban J connectivity index is 1.87. The number of amides is 1. The van der Waals surface area contributed by atoms with E-state index in [1.807, 2.05) is 84.2 Å². The largest absolute Gasteiger partial charge is 0.354 e. The number of nitrogens with zero attached hydrogens (tertiary/aromatic N) is 2. The second-order valence-corrected chi connectivity index (χ2v) is 8.40. The van der Waals surface area contributed by atoms with E-state index in [2.05, 4.69) is 18.8 Å². The van der Waals surface area contributed by atoms with Crippen LogP contribution in [-0.4, -0.2) is 29.0 Å². The second-order valence-electron chi connectivity index (χ2n) is 7.59. The smallest absolute Gasteiger partial charge is 0.269 e. The Morgan fingerprint density at radius 3 is 2.55 bits per heavy atom. The minimum Gasteiger partial charge on any atom is -0.354 e. The minimum atomic E-state index is -0.205. The summed E-state index contributed by atoms with van der Waals surface area (Å²) in [7, 11) is 1.93. The van der Waals surface area contributed by atoms with Gasteiger partial charge in [-0.2, -0.15) is 0 Å². The predicted octanol–water partition coefficient (Wildman–Crippen LogP) is 6.46. The first-order chi connectivity index (χ1) is 14.8. The van der Waals surface area contributed by atoms with Crippen molar-refractivity contribution in [2.75, 3.05) is 13.6 Å². The molecule has 31 heavy (non-hydrogen) atoms. The number of aromatic nitrogens is 1. The summed E-state index contributed by atoms with van der Waals surface area (Å²) < 4.78 is 1.93. The van der Waals surface area contributed by atoms with Gasteiger partial charge in [0.05, 0.1) is 17.1 Å². The zero-order valence-electron chi connectivity index (χ0n) is 18.0. The van der Waals surface area contributed by atoms with Gasteiger partial charge in [-0.15, -0.1) is 0 Å². The van der Waals surface area contributed by atoms with Crippen molar-refractivity contribution in [3.63, 3.8) is 0 Å². The molecule has 1 heterocycles. The normalized spacial score (nSPS) is 12.3. The van der Waals surface area contributed by atoms with Crippen molar-refractivity contribution in [3.8, 4) is 0 Å². The topological polar surface area (TPSA) is 37.3 Å². The molecule has 0 saturated carbocycles. The number of carbonyl (C=O) groups excluding carboxylic acids is 1. The molecule has 6 heteroatoms. The summed E-state index contributed by atoms with van der Waals surface area (Å²) in [4.78, 5) is 15.2. The Kier molecular flexibility index (Phi) is 7.47. The average molecular weight is 456 g/mol. The Morgan fingerprint density at radius 2 is 1.87 bits per heavy atom. The number of benzene rings is 2. The van der Waals surface area contributed by atoms with E-state index in [-0.39, 0.29) is 11.8 Å². The standard InChI is InChI=1S/C25H27Cl2N3O/c1-5-14-29(4)18(3)16-30-22-9-7-6-8-21(22)23(27)24(30)25(31)28-15-17(2)19-10-12-20(26)13-11-19/h5-14,17H,3,15-16H2,1-2,4H3,(H,28,31)/b14-5-. The van der Waals surface area contributed by atoms with Gasteiger partial charge < -0.3 is 14.8 Å². The number of hydrogen-bond acceptors (Lipinski definition) is 2. The highest BCUT2D eigenvalue weighted by molar-refractivity contribution is 6.38. The molecule has 1 aromatic heterocycles. The molecular formula is C25H27Cl2N3O. The van der Waals surface area contributed by atoms with Gasteiger partial charge >= 0.3 is 0 Å². The van der Waals surface area contributed by atoms with Crippen LogP contribution in [0.1, 0.15) is 35.8 Å². The van der Waals surface area contributed by atoms with Crippen LogP contribution in [0.15, 0.2) is 73.1 Å². The summed E-state index contributed by atoms with van der Waals surface area (Å²) in [5, 5.41) is 5.04. The SMILES string of the molecule is C=C(Cn1c(C(=O)NCC(C)c2ccc(Cl)cc2)c(Cl)c2ccccc21)N(C)/C=C\C. The Hall–Kier alpha value is -2.69.